The Balaban J connectivity index is 6.20. The van der Waals surface area contributed by atoms with Crippen LogP contribution in [0.1, 0.15) is 58.8 Å². The average molecular weight is 908 g/mol. The molecule has 25 nitrogen and oxygen atoms in total. The third kappa shape index (κ3) is 25.1. The van der Waals surface area contributed by atoms with Crippen LogP contribution < -0.4 is 76.2 Å². The quantitative estimate of drug-likeness (QED) is 0.0133. The van der Waals surface area contributed by atoms with E-state index in [9.17, 15) is 53.1 Å². The summed E-state index contributed by atoms with van der Waals surface area (Å²) in [5, 5.41) is 28.6. The number of carboxylic acid groups (broad SMARTS) is 1. The molecule has 0 aromatic carbocycles. The van der Waals surface area contributed by atoms with Crippen LogP contribution >= 0.6 is 25.3 Å². The molecule has 0 aromatic heterocycles. The smallest absolute Gasteiger partial charge is 0.338 e. The van der Waals surface area contributed by atoms with Gasteiger partial charge in [0.25, 0.3) is 0 Å². The summed E-state index contributed by atoms with van der Waals surface area (Å²) in [4.78, 5) is 129. The number of nitrogens with two attached hydrogens (primary N) is 5. The highest BCUT2D eigenvalue weighted by molar-refractivity contribution is 7.80. The van der Waals surface area contributed by atoms with Gasteiger partial charge in [-0.05, 0) is 51.0 Å². The predicted octanol–water partition coefficient (Wildman–Crippen LogP) is -8.78. The monoisotopic (exact) mass is 907 g/mol. The van der Waals surface area contributed by atoms with Crippen molar-refractivity contribution in [2.45, 2.75) is 95.0 Å². The molecule has 346 valence electrons. The summed E-state index contributed by atoms with van der Waals surface area (Å²) in [5.74, 6) is -9.54. The number of hydrogen-bond donors (Lipinski definition) is 17. The molecule has 20 N–H and O–H groups in total. The number of rotatable bonds is 31. The minimum Gasteiger partial charge on any atom is -0.481 e. The van der Waals surface area contributed by atoms with E-state index in [0.29, 0.717) is 6.42 Å². The number of guanidine groups is 1. The highest BCUT2D eigenvalue weighted by atomic mass is 32.1. The van der Waals surface area contributed by atoms with Gasteiger partial charge in [0.05, 0.1) is 38.6 Å². The van der Waals surface area contributed by atoms with Gasteiger partial charge >= 0.3 is 11.9 Å². The third-order valence-electron chi connectivity index (χ3n) is 8.23. The standard InChI is InChI=1S/C34H62N14O11S2/c1-17(2)10-21(44-25(50)13-42-28(54)18(36)15-60)32(58)48-22(11-27(52)53)33(59)47-20(6-3-4-8-35)31(57)46-19(7-5-9-40-34(38)39)29(55)43-14-26(51)45-23(16-61)30(56)41-12-24(37)49/h17-23,60-61H,3-16,35-36H2,1-2H3,(H2,37,49)(H,41,56)(H,42,54)(H,43,55)(H,44,50)(H,45,51)(H,46,57)(H,47,59)(H,48,58)(H,52,53)(H4,38,39,40)/p+1/t18-,19-,20-,21-,22-,23-/m0/s1. The van der Waals surface area contributed by atoms with Crippen LogP contribution in [0.2, 0.25) is 0 Å². The fraction of sp³-hybridized carbons (Fsp3) is 0.676. The Morgan fingerprint density at radius 1 is 0.590 bits per heavy atom. The summed E-state index contributed by atoms with van der Waals surface area (Å²) in [6.45, 7) is 2.17. The molecule has 0 bridgehead atoms. The van der Waals surface area contributed by atoms with Gasteiger partial charge in [0, 0.05) is 11.5 Å². The lowest BCUT2D eigenvalue weighted by Crippen LogP contribution is -2.78. The van der Waals surface area contributed by atoms with E-state index in [1.165, 1.54) is 0 Å². The highest BCUT2D eigenvalue weighted by Gasteiger charge is 2.33. The summed E-state index contributed by atoms with van der Waals surface area (Å²) in [6, 6.07) is -7.94. The number of thiol groups is 2. The van der Waals surface area contributed by atoms with Crippen LogP contribution in [0.3, 0.4) is 0 Å². The number of nitrogens with one attached hydrogen (secondary N) is 9. The summed E-state index contributed by atoms with van der Waals surface area (Å²) >= 11 is 7.94. The minimum absolute atomic E-state index is 0.0104. The molecule has 0 rings (SSSR count). The van der Waals surface area contributed by atoms with E-state index in [-0.39, 0.29) is 68.6 Å². The number of carbonyl (C=O) groups is 10. The molecule has 0 aliphatic heterocycles. The lowest BCUT2D eigenvalue weighted by Gasteiger charge is -2.26. The minimum atomic E-state index is -1.75. The van der Waals surface area contributed by atoms with Crippen molar-refractivity contribution in [3.05, 3.63) is 0 Å². The van der Waals surface area contributed by atoms with Crippen LogP contribution in [0, 0.1) is 5.92 Å². The van der Waals surface area contributed by atoms with Crippen LogP contribution in [-0.2, 0) is 47.9 Å². The summed E-state index contributed by atoms with van der Waals surface area (Å²) in [7, 11) is 0. The van der Waals surface area contributed by atoms with Crippen molar-refractivity contribution >= 4 is 90.4 Å². The van der Waals surface area contributed by atoms with Gasteiger partial charge in [-0.3, -0.25) is 64.4 Å². The van der Waals surface area contributed by atoms with Crippen molar-refractivity contribution in [2.75, 3.05) is 44.2 Å². The molecule has 0 aliphatic rings. The molecule has 0 saturated heterocycles. The van der Waals surface area contributed by atoms with Gasteiger partial charge in [0.1, 0.15) is 30.2 Å². The van der Waals surface area contributed by atoms with Crippen LogP contribution in [0.15, 0.2) is 0 Å². The Morgan fingerprint density at radius 3 is 1.57 bits per heavy atom. The zero-order chi connectivity index (χ0) is 46.7. The SMILES string of the molecule is CC(C)C[C@H](NC(=O)CNC(=O)[C@@H](N)CS)C(=O)N[C@@H](CC(=O)O)C(=O)N[C@@H](CCCCN)C(=O)N[C@@H](CCC[NH+]=C(N)N)C(=O)NCC(=O)N[C@@H](CS)C(=O)NCC(N)=O. The predicted molar refractivity (Wildman–Crippen MR) is 227 cm³/mol. The Morgan fingerprint density at radius 2 is 1.07 bits per heavy atom. The summed E-state index contributed by atoms with van der Waals surface area (Å²) in [6.07, 6.45) is -0.0918. The van der Waals surface area contributed by atoms with Crippen LogP contribution in [-0.4, -0.2) is 151 Å². The lowest BCUT2D eigenvalue weighted by molar-refractivity contribution is -0.459. The fourth-order valence-corrected chi connectivity index (χ4v) is 5.55. The highest BCUT2D eigenvalue weighted by Crippen LogP contribution is 2.08. The Bertz CT molecular complexity index is 1550. The molecule has 0 unspecified atom stereocenters. The maximum absolute atomic E-state index is 13.8. The first-order valence-electron chi connectivity index (χ1n) is 19.3. The molecule has 9 amide bonds. The molecule has 0 fully saturated rings. The van der Waals surface area contributed by atoms with Gasteiger partial charge in [-0.1, -0.05) is 13.8 Å². The normalized spacial score (nSPS) is 13.7. The number of unbranched alkanes of at least 4 members (excludes halogenated alkanes) is 1. The van der Waals surface area contributed by atoms with Crippen molar-refractivity contribution in [3.63, 3.8) is 0 Å². The van der Waals surface area contributed by atoms with Crippen molar-refractivity contribution in [2.24, 2.45) is 34.6 Å². The van der Waals surface area contributed by atoms with Gasteiger partial charge in [0.15, 0.2) is 0 Å². The lowest BCUT2D eigenvalue weighted by atomic mass is 10.0. The first-order chi connectivity index (χ1) is 28.6. The Hall–Kier alpha value is -5.41. The Kier molecular flexibility index (Phi) is 27.9. The van der Waals surface area contributed by atoms with E-state index in [1.54, 1.807) is 13.8 Å². The van der Waals surface area contributed by atoms with Crippen LogP contribution in [0.5, 0.6) is 0 Å². The number of primary amides is 1. The number of hydrogen-bond acceptors (Lipinski definition) is 14. The van der Waals surface area contributed by atoms with Crippen molar-refractivity contribution in [1.82, 2.24) is 42.5 Å². The van der Waals surface area contributed by atoms with Crippen molar-refractivity contribution in [1.29, 1.82) is 0 Å². The van der Waals surface area contributed by atoms with E-state index in [4.69, 9.17) is 28.7 Å². The second-order valence-electron chi connectivity index (χ2n) is 14.1. The van der Waals surface area contributed by atoms with Crippen molar-refractivity contribution < 1.29 is 58.0 Å². The molecular weight excluding hydrogens is 845 g/mol. The molecule has 0 aliphatic carbocycles. The second kappa shape index (κ2) is 30.6. The zero-order valence-electron chi connectivity index (χ0n) is 34.3. The van der Waals surface area contributed by atoms with E-state index in [0.717, 1.165) is 0 Å². The van der Waals surface area contributed by atoms with E-state index in [2.05, 4.69) is 72.8 Å². The van der Waals surface area contributed by atoms with E-state index >= 15 is 0 Å². The largest absolute Gasteiger partial charge is 0.481 e. The molecule has 0 heterocycles. The van der Waals surface area contributed by atoms with E-state index in [1.807, 2.05) is 0 Å². The van der Waals surface area contributed by atoms with Gasteiger partial charge in [0.2, 0.25) is 53.2 Å². The van der Waals surface area contributed by atoms with Gasteiger partial charge in [-0.2, -0.15) is 25.3 Å². The summed E-state index contributed by atoms with van der Waals surface area (Å²) in [5.41, 5.74) is 27.1. The van der Waals surface area contributed by atoms with E-state index < -0.39 is 121 Å². The molecule has 61 heavy (non-hydrogen) atoms. The van der Waals surface area contributed by atoms with Crippen LogP contribution in [0.4, 0.5) is 0 Å². The molecular formula is C34H63N14O11S2+. The maximum Gasteiger partial charge on any atom is 0.338 e. The zero-order valence-corrected chi connectivity index (χ0v) is 36.0. The van der Waals surface area contributed by atoms with Gasteiger partial charge < -0.3 is 64.8 Å². The number of carboxylic acids is 1. The Labute approximate surface area is 363 Å². The molecule has 27 heteroatoms. The maximum atomic E-state index is 13.8. The van der Waals surface area contributed by atoms with Crippen LogP contribution in [0.25, 0.3) is 0 Å². The van der Waals surface area contributed by atoms with Gasteiger partial charge in [-0.15, -0.1) is 0 Å². The molecule has 6 atom stereocenters. The molecule has 0 aromatic rings. The third-order valence-corrected chi connectivity index (χ3v) is 8.99. The first-order valence-corrected chi connectivity index (χ1v) is 20.5. The van der Waals surface area contributed by atoms with Gasteiger partial charge in [-0.25, -0.2) is 0 Å². The topological polar surface area (TPSA) is 431 Å². The first kappa shape index (κ1) is 55.6. The van der Waals surface area contributed by atoms with Crippen molar-refractivity contribution in [3.8, 4) is 0 Å². The number of carbonyl (C=O) groups excluding carboxylic acids is 9. The fourth-order valence-electron chi connectivity index (χ4n) is 5.13. The number of aliphatic carboxylic acids is 1. The second-order valence-corrected chi connectivity index (χ2v) is 14.8. The number of amides is 9. The molecule has 0 radical (unpaired) electrons. The average Bonchev–Trinajstić information content (AvgIpc) is 3.19. The molecule has 0 saturated carbocycles. The molecule has 0 spiro atoms. The summed E-state index contributed by atoms with van der Waals surface area (Å²) < 4.78 is 0.